The second kappa shape index (κ2) is 7.82. The molecule has 0 aromatic heterocycles. The van der Waals surface area contributed by atoms with Gasteiger partial charge < -0.3 is 0 Å². The fraction of sp³-hybridized carbons (Fsp3) is 0.750. The molecule has 0 unspecified atom stereocenters. The Balaban J connectivity index is 0. The van der Waals surface area contributed by atoms with Crippen LogP contribution < -0.4 is 0 Å². The molecule has 4 heteroatoms. The molecule has 2 nitrogen and oxygen atoms in total. The van der Waals surface area contributed by atoms with Crippen LogP contribution in [0.4, 0.5) is 4.79 Å². The van der Waals surface area contributed by atoms with E-state index in [0.29, 0.717) is 0 Å². The molecule has 0 aliphatic carbocycles. The molecule has 0 aromatic carbocycles. The van der Waals surface area contributed by atoms with Gasteiger partial charge in [0, 0.05) is 0 Å². The normalized spacial score (nSPS) is 6.25. The average Bonchev–Trinajstić information content (AvgIpc) is 1.68. The largest absolute Gasteiger partial charge is 0.107 e. The first-order valence-corrected chi connectivity index (χ1v) is 5.96. The zero-order chi connectivity index (χ0) is 5.70. The van der Waals surface area contributed by atoms with Gasteiger partial charge in [-0.2, -0.15) is 0 Å². The van der Waals surface area contributed by atoms with Crippen molar-refractivity contribution in [3.8, 4) is 0 Å². The Kier molecular flexibility index (Phi) is 11.3. The molecule has 0 bridgehead atoms. The van der Waals surface area contributed by atoms with Crippen LogP contribution >= 0.6 is 24.0 Å². The summed E-state index contributed by atoms with van der Waals surface area (Å²) >= 11 is -0.884. The molecular weight excluding hydrogens is 272 g/mol. The summed E-state index contributed by atoms with van der Waals surface area (Å²) in [6, 6.07) is 0. The molecule has 0 saturated carbocycles. The molecule has 0 saturated heterocycles. The smallest absolute Gasteiger partial charge is 0.107 e. The van der Waals surface area contributed by atoms with Crippen molar-refractivity contribution in [2.24, 2.45) is 0 Å². The fourth-order valence-corrected chi connectivity index (χ4v) is 1.59. The van der Waals surface area contributed by atoms with Crippen LogP contribution in [0.5, 0.6) is 0 Å². The van der Waals surface area contributed by atoms with E-state index in [-0.39, 0.29) is 28.5 Å². The van der Waals surface area contributed by atoms with E-state index in [1.165, 1.54) is 7.11 Å². The van der Waals surface area contributed by atoms with Crippen LogP contribution in [0.1, 0.15) is 6.92 Å². The second-order valence-electron chi connectivity index (χ2n) is 1.33. The topological polar surface area (TPSA) is 26.3 Å². The Morgan fingerprint density at radius 1 is 1.75 bits per heavy atom. The molecular formula is C4H9IO2Zn. The molecule has 0 rings (SSSR count). The van der Waals surface area contributed by atoms with E-state index >= 15 is 0 Å². The van der Waals surface area contributed by atoms with Crippen molar-refractivity contribution < 1.29 is 26.7 Å². The number of hydrogen-bond donors (Lipinski definition) is 0. The maximum Gasteiger partial charge on any atom is -0.107 e. The first-order valence-electron chi connectivity index (χ1n) is 2.38. The standard InChI is InChI=1S/C2H3O2.C2H5.HI.Zn/c1-4-2-3;1-2;;/h1H3;1H2,2H3;1H;. The van der Waals surface area contributed by atoms with Gasteiger partial charge in [-0.25, -0.2) is 0 Å². The van der Waals surface area contributed by atoms with Gasteiger partial charge in [0.25, 0.3) is 0 Å². The number of carbonyl (C=O) groups excluding carboxylic acids is 1. The fourth-order valence-electron chi connectivity index (χ4n) is 0.306. The third kappa shape index (κ3) is 6.82. The maximum absolute atomic E-state index is 10.3. The number of methoxy groups -OCH3 is 1. The minimum Gasteiger partial charge on any atom is -0.107 e. The third-order valence-electron chi connectivity index (χ3n) is 0.682. The van der Waals surface area contributed by atoms with E-state index in [1.54, 1.807) is 0 Å². The van der Waals surface area contributed by atoms with Gasteiger partial charge in [0.2, 0.25) is 0 Å². The van der Waals surface area contributed by atoms with Crippen molar-refractivity contribution in [3.05, 3.63) is 0 Å². The predicted molar refractivity (Wildman–Crippen MR) is 38.3 cm³/mol. The van der Waals surface area contributed by atoms with Crippen LogP contribution in [-0.2, 0) is 21.9 Å². The summed E-state index contributed by atoms with van der Waals surface area (Å²) < 4.78 is 4.50. The van der Waals surface area contributed by atoms with E-state index in [2.05, 4.69) is 4.74 Å². The minimum absolute atomic E-state index is 0. The van der Waals surface area contributed by atoms with Crippen molar-refractivity contribution >= 4 is 28.5 Å². The van der Waals surface area contributed by atoms with Crippen molar-refractivity contribution in [2.75, 3.05) is 7.11 Å². The minimum atomic E-state index is -0.884. The molecule has 0 aromatic rings. The van der Waals surface area contributed by atoms with Crippen LogP contribution in [0.2, 0.25) is 5.02 Å². The zero-order valence-electron chi connectivity index (χ0n) is 5.14. The van der Waals surface area contributed by atoms with Crippen molar-refractivity contribution in [1.82, 2.24) is 0 Å². The van der Waals surface area contributed by atoms with Crippen LogP contribution in [0.25, 0.3) is 0 Å². The summed E-state index contributed by atoms with van der Waals surface area (Å²) in [7, 11) is 1.45. The zero-order valence-corrected chi connectivity index (χ0v) is 10.4. The molecule has 0 atom stereocenters. The van der Waals surface area contributed by atoms with Gasteiger partial charge >= 0.3 is 50.3 Å². The molecule has 8 heavy (non-hydrogen) atoms. The summed E-state index contributed by atoms with van der Waals surface area (Å²) in [6.45, 7) is 2.02. The summed E-state index contributed by atoms with van der Waals surface area (Å²) in [5, 5.41) is 1.06. The summed E-state index contributed by atoms with van der Waals surface area (Å²) in [4.78, 5) is 10.3. The quantitative estimate of drug-likeness (QED) is 0.571. The molecule has 0 aliphatic heterocycles. The van der Waals surface area contributed by atoms with E-state index in [9.17, 15) is 4.79 Å². The van der Waals surface area contributed by atoms with Gasteiger partial charge in [0.15, 0.2) is 0 Å². The number of ether oxygens (including phenoxy) is 1. The molecule has 0 spiro atoms. The van der Waals surface area contributed by atoms with Gasteiger partial charge in [-0.15, -0.1) is 24.0 Å². The first-order chi connectivity index (χ1) is 3.31. The summed E-state index contributed by atoms with van der Waals surface area (Å²) in [5.41, 5.74) is 0. The van der Waals surface area contributed by atoms with Gasteiger partial charge in [-0.3, -0.25) is 0 Å². The second-order valence-corrected chi connectivity index (χ2v) is 5.68. The van der Waals surface area contributed by atoms with Crippen molar-refractivity contribution in [3.63, 3.8) is 0 Å². The number of rotatable bonds is 2. The Labute approximate surface area is 74.0 Å². The van der Waals surface area contributed by atoms with Crippen LogP contribution in [0.3, 0.4) is 0 Å². The Morgan fingerprint density at radius 2 is 2.25 bits per heavy atom. The van der Waals surface area contributed by atoms with Gasteiger partial charge in [-0.1, -0.05) is 0 Å². The molecule has 0 amide bonds. The molecule has 46 valence electrons. The molecule has 0 fully saturated rings. The Hall–Kier alpha value is 0.823. The molecule has 0 radical (unpaired) electrons. The van der Waals surface area contributed by atoms with Gasteiger partial charge in [-0.05, 0) is 0 Å². The molecule has 0 N–H and O–H groups in total. The number of hydrogen-bond acceptors (Lipinski definition) is 2. The number of halogens is 1. The molecule has 0 heterocycles. The monoisotopic (exact) mass is 280 g/mol. The van der Waals surface area contributed by atoms with Crippen LogP contribution in [-0.4, -0.2) is 11.7 Å². The van der Waals surface area contributed by atoms with E-state index in [0.717, 1.165) is 5.02 Å². The first kappa shape index (κ1) is 11.6. The summed E-state index contributed by atoms with van der Waals surface area (Å²) in [5.74, 6) is 0. The average molecular weight is 281 g/mol. The Morgan fingerprint density at radius 3 is 2.38 bits per heavy atom. The maximum atomic E-state index is 10.3. The predicted octanol–water partition coefficient (Wildman–Crippen LogP) is 1.89. The Bertz CT molecular complexity index is 67.1. The number of carbonyl (C=O) groups is 1. The SMILES string of the molecule is C[CH2][Zn][C](=O)OC.I. The van der Waals surface area contributed by atoms with E-state index in [4.69, 9.17) is 0 Å². The van der Waals surface area contributed by atoms with E-state index in [1.807, 2.05) is 6.92 Å². The van der Waals surface area contributed by atoms with Crippen LogP contribution in [0.15, 0.2) is 0 Å². The van der Waals surface area contributed by atoms with Crippen molar-refractivity contribution in [2.45, 2.75) is 11.9 Å². The van der Waals surface area contributed by atoms with E-state index < -0.39 is 17.1 Å². The summed E-state index contributed by atoms with van der Waals surface area (Å²) in [6.07, 6.45) is 0. The third-order valence-corrected chi connectivity index (χ3v) is 3.19. The van der Waals surface area contributed by atoms with Gasteiger partial charge in [0.05, 0.1) is 0 Å². The van der Waals surface area contributed by atoms with Crippen LogP contribution in [0, 0.1) is 0 Å². The van der Waals surface area contributed by atoms with Gasteiger partial charge in [0.1, 0.15) is 0 Å². The van der Waals surface area contributed by atoms with Crippen molar-refractivity contribution in [1.29, 1.82) is 0 Å². The molecule has 0 aliphatic rings.